The lowest BCUT2D eigenvalue weighted by molar-refractivity contribution is -0.677. The van der Waals surface area contributed by atoms with Gasteiger partial charge in [-0.2, -0.15) is 21.4 Å². The zero-order valence-electron chi connectivity index (χ0n) is 24.3. The maximum Gasteiger partial charge on any atom is 0.374 e. The Balaban J connectivity index is 1.53. The Kier molecular flexibility index (Phi) is 9.92. The molecule has 0 unspecified atom stereocenters. The summed E-state index contributed by atoms with van der Waals surface area (Å²) in [6, 6.07) is 19.1. The van der Waals surface area contributed by atoms with Gasteiger partial charge in [0.15, 0.2) is 6.54 Å². The second-order valence-electron chi connectivity index (χ2n) is 10.5. The normalized spacial score (nSPS) is 14.7. The number of aromatic nitrogens is 1. The van der Waals surface area contributed by atoms with E-state index in [1.807, 2.05) is 75.9 Å². The number of oxazole rings is 1. The molecule has 0 spiro atoms. The Bertz CT molecular complexity index is 1990. The topological polar surface area (TPSA) is 132 Å². The average molecular weight is 694 g/mol. The zero-order valence-corrected chi connectivity index (χ0v) is 27.4. The summed E-state index contributed by atoms with van der Waals surface area (Å²) in [5.74, 6) is 0.400. The van der Waals surface area contributed by atoms with Crippen molar-refractivity contribution in [3.63, 3.8) is 0 Å². The van der Waals surface area contributed by atoms with Crippen molar-refractivity contribution in [2.75, 3.05) is 34.4 Å². The number of aryl methyl sites for hydroxylation is 1. The summed E-state index contributed by atoms with van der Waals surface area (Å²) in [5, 5.41) is 0.734. The summed E-state index contributed by atoms with van der Waals surface area (Å²) in [6.45, 7) is 3.09. The summed E-state index contributed by atoms with van der Waals surface area (Å²) in [5.41, 5.74) is 4.90. The SMILES string of the molecule is CCN1/C(=C/C=C/c2oc3ccc(-c4ccccc4)cc3[n+]2CCCS(=O)(=O)O)N(CCCS(=O)(=O)O)c2cc(Cl)c(Cl)cc21. The highest BCUT2D eigenvalue weighted by Crippen LogP contribution is 2.45. The molecule has 0 atom stereocenters. The minimum absolute atomic E-state index is 0.164. The van der Waals surface area contributed by atoms with E-state index in [4.69, 9.17) is 27.6 Å². The van der Waals surface area contributed by atoms with Crippen LogP contribution in [0.15, 0.2) is 83.1 Å². The lowest BCUT2D eigenvalue weighted by atomic mass is 10.1. The van der Waals surface area contributed by atoms with Crippen LogP contribution < -0.4 is 14.4 Å². The van der Waals surface area contributed by atoms with Crippen LogP contribution >= 0.6 is 23.2 Å². The van der Waals surface area contributed by atoms with Crippen molar-refractivity contribution < 1.29 is 34.9 Å². The largest absolute Gasteiger partial charge is 0.398 e. The molecular formula is C31H32Cl2N3O7S2+. The van der Waals surface area contributed by atoms with Gasteiger partial charge in [0.25, 0.3) is 25.8 Å². The van der Waals surface area contributed by atoms with Crippen LogP contribution in [0.1, 0.15) is 25.7 Å². The van der Waals surface area contributed by atoms with Crippen molar-refractivity contribution in [3.05, 3.63) is 94.6 Å². The maximum atomic E-state index is 11.4. The number of hydrogen-bond donors (Lipinski definition) is 2. The monoisotopic (exact) mass is 692 g/mol. The van der Waals surface area contributed by atoms with E-state index in [0.717, 1.165) is 33.8 Å². The number of halogens is 2. The van der Waals surface area contributed by atoms with E-state index in [9.17, 15) is 25.9 Å². The van der Waals surface area contributed by atoms with Crippen LogP contribution in [0.2, 0.25) is 10.0 Å². The molecule has 4 aromatic rings. The van der Waals surface area contributed by atoms with Crippen LogP contribution in [-0.4, -0.2) is 50.5 Å². The summed E-state index contributed by atoms with van der Waals surface area (Å²) < 4.78 is 72.4. The van der Waals surface area contributed by atoms with E-state index in [1.165, 1.54) is 0 Å². The molecule has 0 bridgehead atoms. The Morgan fingerprint density at radius 1 is 0.844 bits per heavy atom. The van der Waals surface area contributed by atoms with Gasteiger partial charge in [-0.3, -0.25) is 9.11 Å². The van der Waals surface area contributed by atoms with Gasteiger partial charge in [0.2, 0.25) is 5.58 Å². The van der Waals surface area contributed by atoms with Gasteiger partial charge in [-0.1, -0.05) is 59.6 Å². The summed E-state index contributed by atoms with van der Waals surface area (Å²) in [4.78, 5) is 3.93. The summed E-state index contributed by atoms with van der Waals surface area (Å²) >= 11 is 12.7. The molecular weight excluding hydrogens is 661 g/mol. The van der Waals surface area contributed by atoms with Crippen LogP contribution in [0.4, 0.5) is 11.4 Å². The second kappa shape index (κ2) is 13.5. The third kappa shape index (κ3) is 7.89. The highest BCUT2D eigenvalue weighted by molar-refractivity contribution is 7.86. The smallest absolute Gasteiger partial charge is 0.374 e. The van der Waals surface area contributed by atoms with E-state index in [2.05, 4.69) is 0 Å². The number of nitrogens with zero attached hydrogens (tertiary/aromatic N) is 3. The quantitative estimate of drug-likeness (QED) is 0.127. The third-order valence-electron chi connectivity index (χ3n) is 7.36. The molecule has 238 valence electrons. The van der Waals surface area contributed by atoms with E-state index < -0.39 is 31.7 Å². The van der Waals surface area contributed by atoms with Gasteiger partial charge in [-0.25, -0.2) is 0 Å². The third-order valence-corrected chi connectivity index (χ3v) is 9.69. The first-order valence-electron chi connectivity index (χ1n) is 14.2. The zero-order chi connectivity index (χ0) is 32.4. The molecule has 0 radical (unpaired) electrons. The van der Waals surface area contributed by atoms with Crippen LogP contribution in [-0.2, 0) is 26.8 Å². The van der Waals surface area contributed by atoms with Crippen molar-refractivity contribution in [1.29, 1.82) is 0 Å². The number of allylic oxidation sites excluding steroid dienone is 2. The minimum Gasteiger partial charge on any atom is -0.398 e. The summed E-state index contributed by atoms with van der Waals surface area (Å²) in [7, 11) is -8.28. The molecule has 0 saturated carbocycles. The molecule has 1 aliphatic rings. The van der Waals surface area contributed by atoms with Crippen molar-refractivity contribution in [2.45, 2.75) is 26.3 Å². The predicted molar refractivity (Wildman–Crippen MR) is 178 cm³/mol. The minimum atomic E-state index is -4.14. The summed E-state index contributed by atoms with van der Waals surface area (Å²) in [6.07, 6.45) is 5.73. The molecule has 2 heterocycles. The van der Waals surface area contributed by atoms with Crippen molar-refractivity contribution >= 4 is 72.0 Å². The molecule has 1 aliphatic heterocycles. The van der Waals surface area contributed by atoms with Gasteiger partial charge >= 0.3 is 5.89 Å². The van der Waals surface area contributed by atoms with Crippen LogP contribution in [0.5, 0.6) is 0 Å². The highest BCUT2D eigenvalue weighted by atomic mass is 35.5. The van der Waals surface area contributed by atoms with E-state index in [-0.39, 0.29) is 25.9 Å². The second-order valence-corrected chi connectivity index (χ2v) is 14.4. The van der Waals surface area contributed by atoms with E-state index in [1.54, 1.807) is 24.3 Å². The maximum absolute atomic E-state index is 11.4. The van der Waals surface area contributed by atoms with Crippen molar-refractivity contribution in [2.24, 2.45) is 0 Å². The first-order valence-corrected chi connectivity index (χ1v) is 18.2. The number of anilines is 2. The fraction of sp³-hybridized carbons (Fsp3) is 0.258. The molecule has 0 amide bonds. The van der Waals surface area contributed by atoms with Gasteiger partial charge in [-0.05, 0) is 54.8 Å². The molecule has 2 N–H and O–H groups in total. The number of fused-ring (bicyclic) bond motifs is 2. The molecule has 0 fully saturated rings. The predicted octanol–water partition coefficient (Wildman–Crippen LogP) is 6.45. The van der Waals surface area contributed by atoms with E-state index >= 15 is 0 Å². The molecule has 1 aromatic heterocycles. The van der Waals surface area contributed by atoms with Gasteiger partial charge in [0.1, 0.15) is 5.82 Å². The van der Waals surface area contributed by atoms with Crippen LogP contribution in [0.3, 0.4) is 0 Å². The lowest BCUT2D eigenvalue weighted by Crippen LogP contribution is -2.36. The van der Waals surface area contributed by atoms with Crippen molar-refractivity contribution in [3.8, 4) is 11.1 Å². The van der Waals surface area contributed by atoms with Crippen LogP contribution in [0, 0.1) is 0 Å². The van der Waals surface area contributed by atoms with Crippen molar-refractivity contribution in [1.82, 2.24) is 0 Å². The van der Waals surface area contributed by atoms with Gasteiger partial charge in [0, 0.05) is 25.6 Å². The fourth-order valence-electron chi connectivity index (χ4n) is 5.39. The molecule has 0 aliphatic carbocycles. The Labute approximate surface area is 272 Å². The standard InChI is InChI=1S/C31H31Cl2N3O7S2/c1-2-34-26-20-24(32)25(33)21-27(26)35(15-7-17-44(37,38)39)30(34)11-6-12-31-36(16-8-18-45(40,41)42)28-19-23(13-14-29(28)43-31)22-9-4-3-5-10-22/h3-6,9-14,19-21H,2,7-8,15-18H2,1H3,(H-,37,38,39,40,41,42)/p+1. The molecule has 3 aromatic carbocycles. The molecule has 14 heteroatoms. The lowest BCUT2D eigenvalue weighted by Gasteiger charge is -2.24. The van der Waals surface area contributed by atoms with Gasteiger partial charge in [-0.15, -0.1) is 0 Å². The number of rotatable bonds is 12. The highest BCUT2D eigenvalue weighted by Gasteiger charge is 2.31. The Morgan fingerprint density at radius 3 is 2.13 bits per heavy atom. The van der Waals surface area contributed by atoms with Gasteiger partial charge in [0.05, 0.1) is 39.0 Å². The number of benzene rings is 3. The first-order chi connectivity index (χ1) is 21.3. The first kappa shape index (κ1) is 33.0. The molecule has 0 saturated heterocycles. The van der Waals surface area contributed by atoms with Crippen LogP contribution in [0.25, 0.3) is 28.3 Å². The number of hydrogen-bond acceptors (Lipinski definition) is 7. The Morgan fingerprint density at radius 2 is 1.49 bits per heavy atom. The Hall–Kier alpha value is -3.39. The fourth-order valence-corrected chi connectivity index (χ4v) is 6.69. The van der Waals surface area contributed by atoms with Gasteiger partial charge < -0.3 is 14.2 Å². The molecule has 10 nitrogen and oxygen atoms in total. The molecule has 5 rings (SSSR count). The average Bonchev–Trinajstić information content (AvgIpc) is 3.46. The molecule has 45 heavy (non-hydrogen) atoms. The van der Waals surface area contributed by atoms with E-state index in [0.29, 0.717) is 28.1 Å².